The number of aromatic nitrogens is 1. The number of nitrogens with zero attached hydrogens (tertiary/aromatic N) is 1. The first kappa shape index (κ1) is 15.6. The molecular weight excluding hydrogens is 310 g/mol. The average molecular weight is 328 g/mol. The summed E-state index contributed by atoms with van der Waals surface area (Å²) in [5.74, 6) is 0. The van der Waals surface area contributed by atoms with E-state index in [4.69, 9.17) is 16.3 Å². The second-order valence-corrected chi connectivity index (χ2v) is 6.85. The van der Waals surface area contributed by atoms with Gasteiger partial charge in [-0.3, -0.25) is 0 Å². The van der Waals surface area contributed by atoms with E-state index in [1.165, 1.54) is 0 Å². The fraction of sp³-hybridized carbons (Fsp3) is 0.211. The van der Waals surface area contributed by atoms with Crippen LogP contribution in [0.1, 0.15) is 20.8 Å². The number of halogens is 1. The lowest BCUT2D eigenvalue weighted by atomic mass is 10.1. The summed E-state index contributed by atoms with van der Waals surface area (Å²) >= 11 is 5.97. The number of carbonyl (C=O) groups is 1. The Bertz CT molecular complexity index is 857. The van der Waals surface area contributed by atoms with E-state index >= 15 is 0 Å². The average Bonchev–Trinajstić information content (AvgIpc) is 2.85. The van der Waals surface area contributed by atoms with E-state index in [1.807, 2.05) is 75.4 Å². The minimum Gasteiger partial charge on any atom is -0.443 e. The van der Waals surface area contributed by atoms with Crippen LogP contribution in [0.25, 0.3) is 22.2 Å². The topological polar surface area (TPSA) is 31.2 Å². The molecule has 118 valence electrons. The Labute approximate surface area is 140 Å². The number of rotatable bonds is 1. The fourth-order valence-electron chi connectivity index (χ4n) is 2.49. The summed E-state index contributed by atoms with van der Waals surface area (Å²) in [6.07, 6.45) is -0.386. The largest absolute Gasteiger partial charge is 0.443 e. The molecule has 0 radical (unpaired) electrons. The number of para-hydroxylation sites is 1. The molecule has 0 saturated carbocycles. The number of fused-ring (bicyclic) bond motifs is 1. The molecule has 1 aromatic heterocycles. The SMILES string of the molecule is CC(C)(C)OC(=O)n1c(-c2ccc(Cl)cc2)cc2ccccc21. The predicted molar refractivity (Wildman–Crippen MR) is 94.0 cm³/mol. The Morgan fingerprint density at radius 1 is 1.04 bits per heavy atom. The molecule has 0 bridgehead atoms. The Hall–Kier alpha value is -2.26. The Kier molecular flexibility index (Phi) is 3.90. The van der Waals surface area contributed by atoms with Crippen LogP contribution in [-0.2, 0) is 4.74 Å². The first-order chi connectivity index (χ1) is 10.8. The summed E-state index contributed by atoms with van der Waals surface area (Å²) in [7, 11) is 0. The van der Waals surface area contributed by atoms with Crippen molar-refractivity contribution in [3.63, 3.8) is 0 Å². The molecule has 0 aliphatic carbocycles. The summed E-state index contributed by atoms with van der Waals surface area (Å²) in [5, 5.41) is 1.65. The van der Waals surface area contributed by atoms with Crippen LogP contribution in [0.5, 0.6) is 0 Å². The van der Waals surface area contributed by atoms with Gasteiger partial charge in [0.1, 0.15) is 5.60 Å². The van der Waals surface area contributed by atoms with E-state index in [9.17, 15) is 4.79 Å². The first-order valence-corrected chi connectivity index (χ1v) is 7.83. The van der Waals surface area contributed by atoms with E-state index in [2.05, 4.69) is 0 Å². The third-order valence-corrected chi connectivity index (χ3v) is 3.68. The Balaban J connectivity index is 2.19. The van der Waals surface area contributed by atoms with Crippen LogP contribution in [0.15, 0.2) is 54.6 Å². The lowest BCUT2D eigenvalue weighted by Gasteiger charge is -2.21. The summed E-state index contributed by atoms with van der Waals surface area (Å²) in [5.41, 5.74) is 1.97. The van der Waals surface area contributed by atoms with Crippen molar-refractivity contribution in [2.45, 2.75) is 26.4 Å². The quantitative estimate of drug-likeness (QED) is 0.570. The molecule has 0 fully saturated rings. The maximum atomic E-state index is 12.7. The molecule has 1 heterocycles. The molecule has 0 unspecified atom stereocenters. The van der Waals surface area contributed by atoms with Crippen molar-refractivity contribution in [2.24, 2.45) is 0 Å². The summed E-state index contributed by atoms with van der Waals surface area (Å²) in [4.78, 5) is 12.7. The molecule has 0 amide bonds. The van der Waals surface area contributed by atoms with Crippen LogP contribution in [0.3, 0.4) is 0 Å². The first-order valence-electron chi connectivity index (χ1n) is 7.45. The number of hydrogen-bond donors (Lipinski definition) is 0. The monoisotopic (exact) mass is 327 g/mol. The summed E-state index contributed by atoms with van der Waals surface area (Å²) in [6.45, 7) is 5.58. The van der Waals surface area contributed by atoms with E-state index in [1.54, 1.807) is 4.57 Å². The molecule has 2 aromatic carbocycles. The zero-order chi connectivity index (χ0) is 16.6. The maximum Gasteiger partial charge on any atom is 0.419 e. The van der Waals surface area contributed by atoms with Gasteiger partial charge in [-0.15, -0.1) is 0 Å². The van der Waals surface area contributed by atoms with Gasteiger partial charge < -0.3 is 4.74 Å². The van der Waals surface area contributed by atoms with Gasteiger partial charge >= 0.3 is 6.09 Å². The van der Waals surface area contributed by atoms with Gasteiger partial charge in [0, 0.05) is 10.4 Å². The molecule has 0 atom stereocenters. The van der Waals surface area contributed by atoms with Crippen molar-refractivity contribution < 1.29 is 9.53 Å². The van der Waals surface area contributed by atoms with Gasteiger partial charge in [-0.25, -0.2) is 9.36 Å². The van der Waals surface area contributed by atoms with Gasteiger partial charge in [0.05, 0.1) is 11.2 Å². The van der Waals surface area contributed by atoms with E-state index in [0.717, 1.165) is 22.2 Å². The fourth-order valence-corrected chi connectivity index (χ4v) is 2.62. The van der Waals surface area contributed by atoms with Crippen LogP contribution >= 0.6 is 11.6 Å². The van der Waals surface area contributed by atoms with E-state index in [-0.39, 0.29) is 6.09 Å². The van der Waals surface area contributed by atoms with Gasteiger partial charge in [0.2, 0.25) is 0 Å². The molecule has 3 aromatic rings. The van der Waals surface area contributed by atoms with Crippen LogP contribution in [0.4, 0.5) is 4.79 Å². The lowest BCUT2D eigenvalue weighted by Crippen LogP contribution is -2.27. The highest BCUT2D eigenvalue weighted by atomic mass is 35.5. The number of benzene rings is 2. The number of carbonyl (C=O) groups excluding carboxylic acids is 1. The van der Waals surface area contributed by atoms with Crippen molar-refractivity contribution in [3.8, 4) is 11.3 Å². The second kappa shape index (κ2) is 5.74. The van der Waals surface area contributed by atoms with Crippen LogP contribution in [0.2, 0.25) is 5.02 Å². The minimum atomic E-state index is -0.556. The zero-order valence-electron chi connectivity index (χ0n) is 13.3. The highest BCUT2D eigenvalue weighted by Gasteiger charge is 2.22. The van der Waals surface area contributed by atoms with Crippen molar-refractivity contribution in [1.29, 1.82) is 0 Å². The number of hydrogen-bond acceptors (Lipinski definition) is 2. The summed E-state index contributed by atoms with van der Waals surface area (Å²) in [6, 6.07) is 17.2. The molecule has 0 aliphatic heterocycles. The summed E-state index contributed by atoms with van der Waals surface area (Å²) < 4.78 is 7.19. The molecule has 0 aliphatic rings. The molecule has 0 saturated heterocycles. The zero-order valence-corrected chi connectivity index (χ0v) is 14.1. The van der Waals surface area contributed by atoms with Gasteiger partial charge in [-0.1, -0.05) is 41.9 Å². The smallest absolute Gasteiger partial charge is 0.419 e. The molecular formula is C19H18ClNO2. The lowest BCUT2D eigenvalue weighted by molar-refractivity contribution is 0.0547. The molecule has 0 spiro atoms. The molecule has 4 heteroatoms. The van der Waals surface area contributed by atoms with Crippen molar-refractivity contribution in [3.05, 3.63) is 59.6 Å². The predicted octanol–water partition coefficient (Wildman–Crippen LogP) is 5.74. The van der Waals surface area contributed by atoms with Gasteiger partial charge in [-0.05, 0) is 50.6 Å². The van der Waals surface area contributed by atoms with E-state index in [0.29, 0.717) is 5.02 Å². The van der Waals surface area contributed by atoms with Crippen LogP contribution in [-0.4, -0.2) is 16.3 Å². The third-order valence-electron chi connectivity index (χ3n) is 3.43. The van der Waals surface area contributed by atoms with Gasteiger partial charge in [-0.2, -0.15) is 0 Å². The van der Waals surface area contributed by atoms with Crippen LogP contribution < -0.4 is 0 Å². The number of ether oxygens (including phenoxy) is 1. The Morgan fingerprint density at radius 2 is 1.70 bits per heavy atom. The highest BCUT2D eigenvalue weighted by molar-refractivity contribution is 6.30. The minimum absolute atomic E-state index is 0.386. The Morgan fingerprint density at radius 3 is 2.35 bits per heavy atom. The van der Waals surface area contributed by atoms with Crippen molar-refractivity contribution in [1.82, 2.24) is 4.57 Å². The van der Waals surface area contributed by atoms with E-state index < -0.39 is 5.60 Å². The molecule has 3 nitrogen and oxygen atoms in total. The molecule has 23 heavy (non-hydrogen) atoms. The van der Waals surface area contributed by atoms with Crippen molar-refractivity contribution >= 4 is 28.6 Å². The standard InChI is InChI=1S/C19H18ClNO2/c1-19(2,3)23-18(22)21-16-7-5-4-6-14(16)12-17(21)13-8-10-15(20)11-9-13/h4-12H,1-3H3. The van der Waals surface area contributed by atoms with Crippen molar-refractivity contribution in [2.75, 3.05) is 0 Å². The van der Waals surface area contributed by atoms with Crippen LogP contribution in [0, 0.1) is 0 Å². The normalized spacial score (nSPS) is 11.7. The third kappa shape index (κ3) is 3.25. The molecule has 0 N–H and O–H groups in total. The van der Waals surface area contributed by atoms with Gasteiger partial charge in [0.25, 0.3) is 0 Å². The highest BCUT2D eigenvalue weighted by Crippen LogP contribution is 2.30. The maximum absolute atomic E-state index is 12.7. The molecule has 3 rings (SSSR count). The van der Waals surface area contributed by atoms with Gasteiger partial charge in [0.15, 0.2) is 0 Å². The second-order valence-electron chi connectivity index (χ2n) is 6.41.